The van der Waals surface area contributed by atoms with E-state index < -0.39 is 26.0 Å². The van der Waals surface area contributed by atoms with Crippen molar-refractivity contribution in [2.24, 2.45) is 4.99 Å². The fourth-order valence-corrected chi connectivity index (χ4v) is 4.21. The standard InChI is InChI=1S/2C12H25NO4S.Ca/c2*1-2-3-4-5-6-7-9-12(14)13-10-8-11-18(15,16)17;/h2*2-11H2,1H3,(H,13,14)(H,15,16,17);/q;;+2/p-2. The van der Waals surface area contributed by atoms with Crippen molar-refractivity contribution >= 4 is 69.8 Å². The van der Waals surface area contributed by atoms with Crippen molar-refractivity contribution in [2.75, 3.05) is 24.6 Å². The summed E-state index contributed by atoms with van der Waals surface area (Å²) in [6.07, 6.45) is 14.8. The third-order valence-corrected chi connectivity index (χ3v) is 6.84. The molecule has 10 nitrogen and oxygen atoms in total. The molecule has 2 N–H and O–H groups in total. The predicted octanol–water partition coefficient (Wildman–Crippen LogP) is 3.18. The van der Waals surface area contributed by atoms with E-state index in [0.717, 1.165) is 32.1 Å². The van der Waals surface area contributed by atoms with Crippen LogP contribution in [0.5, 0.6) is 0 Å². The number of unbranched alkanes of at least 4 members (excludes halogenated alkanes) is 10. The third kappa shape index (κ3) is 40.7. The van der Waals surface area contributed by atoms with E-state index >= 15 is 0 Å². The summed E-state index contributed by atoms with van der Waals surface area (Å²) in [5.41, 5.74) is 0. The Labute approximate surface area is 255 Å². The number of nitrogens with one attached hydrogen (secondary N) is 1. The first-order chi connectivity index (χ1) is 16.9. The fourth-order valence-electron chi connectivity index (χ4n) is 3.22. The van der Waals surface area contributed by atoms with Crippen molar-refractivity contribution in [1.82, 2.24) is 5.32 Å². The zero-order valence-electron chi connectivity index (χ0n) is 22.9. The molecule has 13 heteroatoms. The smallest absolute Gasteiger partial charge is 0.862 e. The Morgan fingerprint density at radius 2 is 1.24 bits per heavy atom. The molecule has 0 aliphatic carbocycles. The Hall–Kier alpha value is 0.0197. The molecule has 0 saturated heterocycles. The van der Waals surface area contributed by atoms with Gasteiger partial charge in [-0.05, 0) is 38.0 Å². The Kier molecular flexibility index (Phi) is 30.9. The van der Waals surface area contributed by atoms with Gasteiger partial charge in [0.25, 0.3) is 10.1 Å². The number of carbonyl (C=O) groups excluding carboxylic acids is 1. The Bertz CT molecular complexity index is 776. The van der Waals surface area contributed by atoms with E-state index in [9.17, 15) is 31.3 Å². The average Bonchev–Trinajstić information content (AvgIpc) is 2.78. The molecule has 0 heterocycles. The molecule has 0 radical (unpaired) electrons. The molecule has 0 rings (SSSR count). The van der Waals surface area contributed by atoms with Gasteiger partial charge in [-0.25, -0.2) is 8.42 Å². The van der Waals surface area contributed by atoms with Crippen molar-refractivity contribution in [1.29, 1.82) is 0 Å². The number of rotatable bonds is 22. The van der Waals surface area contributed by atoms with Gasteiger partial charge < -0.3 is 20.0 Å². The van der Waals surface area contributed by atoms with Crippen LogP contribution in [-0.4, -0.2) is 100 Å². The van der Waals surface area contributed by atoms with Crippen LogP contribution < -0.4 is 10.4 Å². The van der Waals surface area contributed by atoms with Crippen molar-refractivity contribution in [3.05, 3.63) is 0 Å². The van der Waals surface area contributed by atoms with Crippen LogP contribution in [0.4, 0.5) is 0 Å². The molecule has 37 heavy (non-hydrogen) atoms. The van der Waals surface area contributed by atoms with E-state index in [0.29, 0.717) is 19.4 Å². The van der Waals surface area contributed by atoms with E-state index in [1.165, 1.54) is 44.9 Å². The van der Waals surface area contributed by atoms with Crippen molar-refractivity contribution in [3.8, 4) is 0 Å². The van der Waals surface area contributed by atoms with Crippen LogP contribution in [0.15, 0.2) is 4.99 Å². The van der Waals surface area contributed by atoms with Crippen LogP contribution in [-0.2, 0) is 25.0 Å². The first kappa shape index (κ1) is 41.5. The molecular formula is C24H48CaN2O8S2. The van der Waals surface area contributed by atoms with Crippen LogP contribution in [0.3, 0.4) is 0 Å². The van der Waals surface area contributed by atoms with Crippen LogP contribution in [0, 0.1) is 0 Å². The molecule has 0 fully saturated rings. The van der Waals surface area contributed by atoms with Gasteiger partial charge >= 0.3 is 37.7 Å². The summed E-state index contributed by atoms with van der Waals surface area (Å²) in [5, 5.41) is 13.9. The van der Waals surface area contributed by atoms with Gasteiger partial charge in [-0.2, -0.15) is 8.42 Å². The average molecular weight is 597 g/mol. The number of hydrogen-bond acceptors (Lipinski definition) is 8. The molecule has 0 aromatic heterocycles. The SMILES string of the molecule is CCCCCCCCC(=O)NCCCS(=O)(=O)O.CCCCCCCCC([O-])=NCCCS(=O)(=O)[O-].[Ca+2]. The summed E-state index contributed by atoms with van der Waals surface area (Å²) in [6, 6.07) is 0. The van der Waals surface area contributed by atoms with Crippen LogP contribution in [0.1, 0.15) is 117 Å². The minimum Gasteiger partial charge on any atom is -0.862 e. The molecule has 0 aromatic rings. The first-order valence-corrected chi connectivity index (χ1v) is 16.5. The van der Waals surface area contributed by atoms with Gasteiger partial charge in [-0.15, -0.1) is 0 Å². The van der Waals surface area contributed by atoms with Crippen LogP contribution in [0.25, 0.3) is 0 Å². The fraction of sp³-hybridized carbons (Fsp3) is 0.917. The zero-order chi connectivity index (χ0) is 27.7. The van der Waals surface area contributed by atoms with Crippen LogP contribution in [0.2, 0.25) is 0 Å². The molecular weight excluding hydrogens is 548 g/mol. The maximum absolute atomic E-state index is 11.3. The van der Waals surface area contributed by atoms with Gasteiger partial charge in [-0.3, -0.25) is 9.35 Å². The molecule has 0 aliphatic rings. The summed E-state index contributed by atoms with van der Waals surface area (Å²) >= 11 is 0. The topological polar surface area (TPSA) is 176 Å². The summed E-state index contributed by atoms with van der Waals surface area (Å²) in [5.74, 6) is -0.972. The summed E-state index contributed by atoms with van der Waals surface area (Å²) < 4.78 is 60.2. The predicted molar refractivity (Wildman–Crippen MR) is 147 cm³/mol. The van der Waals surface area contributed by atoms with Gasteiger partial charge in [0.1, 0.15) is 0 Å². The second-order valence-electron chi connectivity index (χ2n) is 8.92. The summed E-state index contributed by atoms with van der Waals surface area (Å²) in [7, 11) is -8.08. The van der Waals surface area contributed by atoms with Crippen LogP contribution >= 0.6 is 0 Å². The molecule has 0 bridgehead atoms. The molecule has 0 atom stereocenters. The molecule has 0 saturated carbocycles. The van der Waals surface area contributed by atoms with Gasteiger partial charge in [-0.1, -0.05) is 78.1 Å². The molecule has 0 aliphatic heterocycles. The Morgan fingerprint density at radius 3 is 1.73 bits per heavy atom. The van der Waals surface area contributed by atoms with E-state index in [2.05, 4.69) is 24.2 Å². The van der Waals surface area contributed by atoms with Gasteiger partial charge in [0.15, 0.2) is 0 Å². The monoisotopic (exact) mass is 596 g/mol. The molecule has 0 spiro atoms. The first-order valence-electron chi connectivity index (χ1n) is 13.3. The van der Waals surface area contributed by atoms with Gasteiger partial charge in [0, 0.05) is 25.3 Å². The summed E-state index contributed by atoms with van der Waals surface area (Å²) in [4.78, 5) is 15.1. The second-order valence-corrected chi connectivity index (χ2v) is 12.0. The van der Waals surface area contributed by atoms with E-state index in [1.54, 1.807) is 0 Å². The Balaban J connectivity index is -0.000000608. The molecule has 0 unspecified atom stereocenters. The number of hydrogen-bond donors (Lipinski definition) is 2. The van der Waals surface area contributed by atoms with Gasteiger partial charge in [0.2, 0.25) is 5.91 Å². The maximum atomic E-state index is 11.3. The van der Waals surface area contributed by atoms with Crippen molar-refractivity contribution < 1.29 is 35.8 Å². The largest absolute Gasteiger partial charge is 2.00 e. The van der Waals surface area contributed by atoms with Crippen molar-refractivity contribution in [3.63, 3.8) is 0 Å². The number of nitrogens with zero attached hydrogens (tertiary/aromatic N) is 1. The number of carbonyl (C=O) groups is 1. The normalized spacial score (nSPS) is 11.8. The molecule has 0 aromatic carbocycles. The van der Waals surface area contributed by atoms with Gasteiger partial charge in [0.05, 0.1) is 15.9 Å². The van der Waals surface area contributed by atoms with E-state index in [1.807, 2.05) is 0 Å². The zero-order valence-corrected chi connectivity index (χ0v) is 26.8. The minimum atomic E-state index is -4.17. The minimum absolute atomic E-state index is 0. The molecule has 216 valence electrons. The second kappa shape index (κ2) is 27.6. The number of amides is 1. The third-order valence-electron chi connectivity index (χ3n) is 5.24. The van der Waals surface area contributed by atoms with E-state index in [-0.39, 0.29) is 74.7 Å². The Morgan fingerprint density at radius 1 is 0.757 bits per heavy atom. The summed E-state index contributed by atoms with van der Waals surface area (Å²) in [6.45, 7) is 4.76. The quantitative estimate of drug-likeness (QED) is 0.0629. The maximum Gasteiger partial charge on any atom is 2.00 e. The number of aliphatic imine (C=N–C) groups is 1. The van der Waals surface area contributed by atoms with Crippen molar-refractivity contribution in [2.45, 2.75) is 117 Å². The molecule has 1 amide bonds. The van der Waals surface area contributed by atoms with E-state index in [4.69, 9.17) is 4.55 Å².